The van der Waals surface area contributed by atoms with Gasteiger partial charge in [0.15, 0.2) is 5.65 Å². The highest BCUT2D eigenvalue weighted by molar-refractivity contribution is 7.35. The summed E-state index contributed by atoms with van der Waals surface area (Å²) >= 11 is 0. The lowest BCUT2D eigenvalue weighted by molar-refractivity contribution is 0.225. The third kappa shape index (κ3) is 2.10. The molecule has 0 aliphatic carbocycles. The lowest BCUT2D eigenvalue weighted by Gasteiger charge is -2.25. The summed E-state index contributed by atoms with van der Waals surface area (Å²) in [7, 11) is 0.565. The van der Waals surface area contributed by atoms with Crippen molar-refractivity contribution in [3.8, 4) is 0 Å². The summed E-state index contributed by atoms with van der Waals surface area (Å²) in [6, 6.07) is 0. The molecule has 0 aromatic carbocycles. The summed E-state index contributed by atoms with van der Waals surface area (Å²) in [5.41, 5.74) is 0.667. The van der Waals surface area contributed by atoms with Crippen molar-refractivity contribution in [2.24, 2.45) is 0 Å². The zero-order valence-electron chi connectivity index (χ0n) is 10.1. The molecule has 3 heterocycles. The Kier molecular flexibility index (Phi) is 3.22. The molecule has 3 rings (SSSR count). The van der Waals surface area contributed by atoms with Gasteiger partial charge in [0, 0.05) is 18.9 Å². The smallest absolute Gasteiger partial charge is 0.184 e. The fourth-order valence-corrected chi connectivity index (χ4v) is 2.70. The molecule has 3 atom stereocenters. The van der Waals surface area contributed by atoms with Crippen LogP contribution in [0, 0.1) is 0 Å². The quantitative estimate of drug-likeness (QED) is 0.834. The number of halogens is 1. The maximum absolute atomic E-state index is 13.8. The van der Waals surface area contributed by atoms with Gasteiger partial charge in [-0.3, -0.25) is 4.45 Å². The van der Waals surface area contributed by atoms with E-state index in [1.54, 1.807) is 6.20 Å². The first kappa shape index (κ1) is 11.9. The number of alkyl halides is 1. The molecule has 96 valence electrons. The molecule has 3 unspecified atom stereocenters. The summed E-state index contributed by atoms with van der Waals surface area (Å²) in [4.78, 5) is 8.71. The van der Waals surface area contributed by atoms with Gasteiger partial charge in [0.25, 0.3) is 0 Å². The van der Waals surface area contributed by atoms with Crippen molar-refractivity contribution in [3.63, 3.8) is 0 Å². The van der Waals surface area contributed by atoms with Gasteiger partial charge in [0.05, 0.1) is 11.3 Å². The minimum Gasteiger partial charge on any atom is -0.314 e. The molecule has 2 aromatic heterocycles. The van der Waals surface area contributed by atoms with Crippen LogP contribution in [0.2, 0.25) is 0 Å². The second-order valence-corrected chi connectivity index (χ2v) is 5.33. The van der Waals surface area contributed by atoms with Crippen LogP contribution in [-0.2, 0) is 0 Å². The van der Waals surface area contributed by atoms with E-state index in [2.05, 4.69) is 20.4 Å². The Morgan fingerprint density at radius 3 is 3.22 bits per heavy atom. The van der Waals surface area contributed by atoms with Crippen molar-refractivity contribution in [1.82, 2.24) is 24.8 Å². The molecule has 0 saturated carbocycles. The second-order valence-electron chi connectivity index (χ2n) is 4.42. The molecule has 1 saturated heterocycles. The molecule has 0 radical (unpaired) electrons. The number of fused-ring (bicyclic) bond motifs is 1. The van der Waals surface area contributed by atoms with E-state index < -0.39 is 6.17 Å². The first-order valence-electron chi connectivity index (χ1n) is 6.03. The highest BCUT2D eigenvalue weighted by Gasteiger charge is 2.28. The largest absolute Gasteiger partial charge is 0.314 e. The molecule has 2 aromatic rings. The van der Waals surface area contributed by atoms with Crippen molar-refractivity contribution in [2.45, 2.75) is 18.5 Å². The summed E-state index contributed by atoms with van der Waals surface area (Å²) in [6.07, 6.45) is 3.50. The van der Waals surface area contributed by atoms with Gasteiger partial charge in [0.2, 0.25) is 0 Å². The van der Waals surface area contributed by atoms with Gasteiger partial charge in [-0.05, 0) is 28.4 Å². The molecule has 0 bridgehead atoms. The Hall–Kier alpha value is -1.13. The topological polar surface area (TPSA) is 55.6 Å². The maximum Gasteiger partial charge on any atom is 0.184 e. The number of hydrogen-bond donors (Lipinski definition) is 1. The minimum atomic E-state index is -0.911. The summed E-state index contributed by atoms with van der Waals surface area (Å²) in [5.74, 6) is 0.381. The number of rotatable bonds is 2. The lowest BCUT2D eigenvalue weighted by Crippen LogP contribution is -2.37. The van der Waals surface area contributed by atoms with E-state index in [4.69, 9.17) is 0 Å². The predicted octanol–water partition coefficient (Wildman–Crippen LogP) is 1.31. The Labute approximate surface area is 106 Å². The third-order valence-corrected chi connectivity index (χ3v) is 3.93. The first-order valence-corrected chi connectivity index (χ1v) is 7.47. The van der Waals surface area contributed by atoms with Crippen LogP contribution in [0.5, 0.6) is 0 Å². The number of nitrogens with one attached hydrogen (secondary N) is 1. The molecule has 7 heteroatoms. The van der Waals surface area contributed by atoms with Crippen LogP contribution in [0.4, 0.5) is 4.39 Å². The summed E-state index contributed by atoms with van der Waals surface area (Å²) in [5, 5.41) is 8.30. The number of hydrogen-bond acceptors (Lipinski definition) is 4. The van der Waals surface area contributed by atoms with Crippen LogP contribution < -0.4 is 5.32 Å². The van der Waals surface area contributed by atoms with Crippen LogP contribution in [0.3, 0.4) is 0 Å². The van der Waals surface area contributed by atoms with E-state index >= 15 is 0 Å². The van der Waals surface area contributed by atoms with Crippen molar-refractivity contribution in [2.75, 3.05) is 19.8 Å². The normalized spacial score (nSPS) is 25.2. The zero-order chi connectivity index (χ0) is 12.5. The van der Waals surface area contributed by atoms with Crippen molar-refractivity contribution >= 4 is 19.8 Å². The number of piperidine rings is 1. The Morgan fingerprint density at radius 2 is 2.44 bits per heavy atom. The summed E-state index contributed by atoms with van der Waals surface area (Å²) < 4.78 is 15.7. The minimum absolute atomic E-state index is 0.204. The van der Waals surface area contributed by atoms with Crippen LogP contribution in [0.15, 0.2) is 12.4 Å². The van der Waals surface area contributed by atoms with Crippen LogP contribution in [0.25, 0.3) is 11.0 Å². The van der Waals surface area contributed by atoms with E-state index in [-0.39, 0.29) is 5.92 Å². The molecule has 0 spiro atoms. The van der Waals surface area contributed by atoms with Crippen molar-refractivity contribution < 1.29 is 4.39 Å². The van der Waals surface area contributed by atoms with Crippen LogP contribution >= 0.6 is 8.73 Å². The molecule has 1 aliphatic rings. The highest BCUT2D eigenvalue weighted by Crippen LogP contribution is 2.26. The van der Waals surface area contributed by atoms with Crippen molar-refractivity contribution in [1.29, 1.82) is 0 Å². The second kappa shape index (κ2) is 4.86. The standard InChI is InChI=1S/C11H15FN5P/c1-18-17-6-7-4-14-11(15-10(7)16-17)8-2-3-13-5-9(8)12/h4,6,8-9,13,18H,2-3,5H2,1H3. The molecule has 0 amide bonds. The van der Waals surface area contributed by atoms with Gasteiger partial charge in [-0.25, -0.2) is 14.4 Å². The van der Waals surface area contributed by atoms with E-state index in [0.717, 1.165) is 18.4 Å². The monoisotopic (exact) mass is 267 g/mol. The average molecular weight is 267 g/mol. The van der Waals surface area contributed by atoms with E-state index in [0.29, 0.717) is 26.7 Å². The van der Waals surface area contributed by atoms with E-state index in [1.165, 1.54) is 0 Å². The molecular formula is C11H15FN5P. The Balaban J connectivity index is 1.96. The molecule has 1 N–H and O–H groups in total. The lowest BCUT2D eigenvalue weighted by atomic mass is 9.95. The van der Waals surface area contributed by atoms with Gasteiger partial charge >= 0.3 is 0 Å². The van der Waals surface area contributed by atoms with Gasteiger partial charge in [-0.1, -0.05) is 0 Å². The maximum atomic E-state index is 13.8. The van der Waals surface area contributed by atoms with Crippen molar-refractivity contribution in [3.05, 3.63) is 18.2 Å². The van der Waals surface area contributed by atoms with Gasteiger partial charge < -0.3 is 5.32 Å². The fourth-order valence-electron chi connectivity index (χ4n) is 2.23. The molecule has 18 heavy (non-hydrogen) atoms. The third-order valence-electron chi connectivity index (χ3n) is 3.25. The average Bonchev–Trinajstić information content (AvgIpc) is 2.81. The SMILES string of the molecule is CPn1cc2cnc(C3CCNCC3F)nc2n1. The van der Waals surface area contributed by atoms with Gasteiger partial charge in [-0.2, -0.15) is 0 Å². The Morgan fingerprint density at radius 1 is 1.56 bits per heavy atom. The Bertz CT molecular complexity index is 557. The number of nitrogens with zero attached hydrogens (tertiary/aromatic N) is 4. The van der Waals surface area contributed by atoms with Crippen LogP contribution in [-0.4, -0.2) is 45.4 Å². The number of aromatic nitrogens is 4. The molecule has 1 aliphatic heterocycles. The highest BCUT2D eigenvalue weighted by atomic mass is 31.1. The van der Waals surface area contributed by atoms with Gasteiger partial charge in [-0.15, -0.1) is 5.10 Å². The molecular weight excluding hydrogens is 252 g/mol. The molecule has 1 fully saturated rings. The zero-order valence-corrected chi connectivity index (χ0v) is 11.1. The fraction of sp³-hybridized carbons (Fsp3) is 0.545. The van der Waals surface area contributed by atoms with Gasteiger partial charge in [0.1, 0.15) is 12.0 Å². The van der Waals surface area contributed by atoms with E-state index in [9.17, 15) is 4.39 Å². The summed E-state index contributed by atoms with van der Waals surface area (Å²) in [6.45, 7) is 3.25. The van der Waals surface area contributed by atoms with Crippen LogP contribution in [0.1, 0.15) is 18.2 Å². The predicted molar refractivity (Wildman–Crippen MR) is 70.1 cm³/mol. The first-order chi connectivity index (χ1) is 8.78. The van der Waals surface area contributed by atoms with E-state index in [1.807, 2.05) is 17.3 Å². The molecule has 5 nitrogen and oxygen atoms in total.